The summed E-state index contributed by atoms with van der Waals surface area (Å²) in [4.78, 5) is 15.9. The Labute approximate surface area is 102 Å². The lowest BCUT2D eigenvalue weighted by Gasteiger charge is -2.38. The molecule has 1 unspecified atom stereocenters. The SMILES string of the molecule is CC(C)N1CCCC(N2C[C@H](CO)OC2=O)C1. The molecule has 0 saturated carbocycles. The summed E-state index contributed by atoms with van der Waals surface area (Å²) in [6, 6.07) is 0.764. The van der Waals surface area contributed by atoms with E-state index in [1.165, 1.54) is 0 Å². The molecule has 2 aliphatic rings. The molecule has 0 aromatic rings. The molecule has 5 nitrogen and oxygen atoms in total. The van der Waals surface area contributed by atoms with Gasteiger partial charge in [-0.3, -0.25) is 4.90 Å². The van der Waals surface area contributed by atoms with E-state index in [-0.39, 0.29) is 24.8 Å². The average Bonchev–Trinajstić information content (AvgIpc) is 2.71. The summed E-state index contributed by atoms with van der Waals surface area (Å²) >= 11 is 0. The fourth-order valence-electron chi connectivity index (χ4n) is 2.64. The second-order valence-electron chi connectivity index (χ2n) is 5.23. The molecule has 0 radical (unpaired) electrons. The van der Waals surface area contributed by atoms with Crippen molar-refractivity contribution in [2.24, 2.45) is 0 Å². The van der Waals surface area contributed by atoms with E-state index >= 15 is 0 Å². The molecule has 2 fully saturated rings. The molecule has 2 rings (SSSR count). The minimum absolute atomic E-state index is 0.0805. The van der Waals surface area contributed by atoms with Crippen molar-refractivity contribution in [1.82, 2.24) is 9.80 Å². The molecule has 1 N–H and O–H groups in total. The van der Waals surface area contributed by atoms with Crippen LogP contribution in [0.2, 0.25) is 0 Å². The van der Waals surface area contributed by atoms with Gasteiger partial charge in [-0.1, -0.05) is 0 Å². The lowest BCUT2D eigenvalue weighted by atomic mass is 10.0. The van der Waals surface area contributed by atoms with Crippen molar-refractivity contribution < 1.29 is 14.6 Å². The first-order valence-electron chi connectivity index (χ1n) is 6.44. The molecule has 0 bridgehead atoms. The molecule has 0 aromatic carbocycles. The van der Waals surface area contributed by atoms with Crippen LogP contribution in [-0.4, -0.2) is 65.4 Å². The summed E-state index contributed by atoms with van der Waals surface area (Å²) in [5.74, 6) is 0. The first kappa shape index (κ1) is 12.6. The largest absolute Gasteiger partial charge is 0.442 e. The molecule has 0 aromatic heterocycles. The summed E-state index contributed by atoms with van der Waals surface area (Å²) in [6.45, 7) is 6.85. The molecule has 5 heteroatoms. The van der Waals surface area contributed by atoms with Gasteiger partial charge in [0.1, 0.15) is 6.10 Å². The first-order chi connectivity index (χ1) is 8.11. The number of likely N-dealkylation sites (tertiary alicyclic amines) is 1. The number of aliphatic hydroxyl groups is 1. The maximum atomic E-state index is 11.7. The summed E-state index contributed by atoms with van der Waals surface area (Å²) in [5, 5.41) is 9.03. The van der Waals surface area contributed by atoms with Crippen LogP contribution in [0.1, 0.15) is 26.7 Å². The van der Waals surface area contributed by atoms with Gasteiger partial charge in [0.25, 0.3) is 0 Å². The van der Waals surface area contributed by atoms with Crippen LogP contribution in [0.3, 0.4) is 0 Å². The van der Waals surface area contributed by atoms with E-state index in [2.05, 4.69) is 18.7 Å². The fourth-order valence-corrected chi connectivity index (χ4v) is 2.64. The van der Waals surface area contributed by atoms with Gasteiger partial charge in [-0.05, 0) is 33.2 Å². The highest BCUT2D eigenvalue weighted by Gasteiger charge is 2.37. The summed E-state index contributed by atoms with van der Waals surface area (Å²) < 4.78 is 5.09. The van der Waals surface area contributed by atoms with Crippen LogP contribution >= 0.6 is 0 Å². The normalized spacial score (nSPS) is 31.1. The van der Waals surface area contributed by atoms with Crippen molar-refractivity contribution in [3.8, 4) is 0 Å². The molecule has 2 aliphatic heterocycles. The van der Waals surface area contributed by atoms with Gasteiger partial charge in [0.2, 0.25) is 0 Å². The van der Waals surface area contributed by atoms with E-state index in [9.17, 15) is 4.79 Å². The van der Waals surface area contributed by atoms with Crippen LogP contribution < -0.4 is 0 Å². The monoisotopic (exact) mass is 242 g/mol. The van der Waals surface area contributed by atoms with E-state index in [1.54, 1.807) is 4.90 Å². The van der Waals surface area contributed by atoms with Crippen LogP contribution in [0, 0.1) is 0 Å². The van der Waals surface area contributed by atoms with E-state index in [4.69, 9.17) is 9.84 Å². The maximum Gasteiger partial charge on any atom is 0.410 e. The molecule has 0 spiro atoms. The second kappa shape index (κ2) is 5.23. The molecule has 1 amide bonds. The standard InChI is InChI=1S/C12H22N2O3/c1-9(2)13-5-3-4-10(6-13)14-7-11(8-15)17-12(14)16/h9-11,15H,3-8H2,1-2H3/t10?,11-/m1/s1. The minimum Gasteiger partial charge on any atom is -0.442 e. The highest BCUT2D eigenvalue weighted by molar-refractivity contribution is 5.70. The number of hydrogen-bond donors (Lipinski definition) is 1. The van der Waals surface area contributed by atoms with Crippen molar-refractivity contribution >= 4 is 6.09 Å². The zero-order chi connectivity index (χ0) is 12.4. The topological polar surface area (TPSA) is 53.0 Å². The number of carbonyl (C=O) groups is 1. The van der Waals surface area contributed by atoms with Gasteiger partial charge in [-0.15, -0.1) is 0 Å². The first-order valence-corrected chi connectivity index (χ1v) is 6.44. The lowest BCUT2D eigenvalue weighted by molar-refractivity contribution is 0.0869. The summed E-state index contributed by atoms with van der Waals surface area (Å²) in [7, 11) is 0. The van der Waals surface area contributed by atoms with Crippen LogP contribution in [0.5, 0.6) is 0 Å². The Bertz CT molecular complexity index is 283. The third-order valence-corrected chi connectivity index (χ3v) is 3.70. The quantitative estimate of drug-likeness (QED) is 0.790. The number of hydrogen-bond acceptors (Lipinski definition) is 4. The Morgan fingerprint density at radius 3 is 2.82 bits per heavy atom. The average molecular weight is 242 g/mol. The Hall–Kier alpha value is -0.810. The zero-order valence-electron chi connectivity index (χ0n) is 10.6. The predicted molar refractivity (Wildman–Crippen MR) is 63.8 cm³/mol. The van der Waals surface area contributed by atoms with Crippen molar-refractivity contribution in [3.05, 3.63) is 0 Å². The molecule has 0 aliphatic carbocycles. The lowest BCUT2D eigenvalue weighted by Crippen LogP contribution is -2.50. The number of ether oxygens (including phenoxy) is 1. The molecular weight excluding hydrogens is 220 g/mol. The Kier molecular flexibility index (Phi) is 3.89. The minimum atomic E-state index is -0.336. The number of carbonyl (C=O) groups excluding carboxylic acids is 1. The van der Waals surface area contributed by atoms with E-state index in [0.717, 1.165) is 25.9 Å². The molecule has 17 heavy (non-hydrogen) atoms. The van der Waals surface area contributed by atoms with E-state index < -0.39 is 0 Å². The Morgan fingerprint density at radius 1 is 1.47 bits per heavy atom. The fraction of sp³-hybridized carbons (Fsp3) is 0.917. The molecule has 2 saturated heterocycles. The van der Waals surface area contributed by atoms with Gasteiger partial charge in [-0.2, -0.15) is 0 Å². The van der Waals surface area contributed by atoms with Gasteiger partial charge < -0.3 is 14.7 Å². The molecule has 2 atom stereocenters. The molecular formula is C12H22N2O3. The number of rotatable bonds is 3. The van der Waals surface area contributed by atoms with Crippen LogP contribution in [0.25, 0.3) is 0 Å². The zero-order valence-corrected chi connectivity index (χ0v) is 10.6. The van der Waals surface area contributed by atoms with Crippen LogP contribution in [0.15, 0.2) is 0 Å². The molecule has 98 valence electrons. The second-order valence-corrected chi connectivity index (χ2v) is 5.23. The highest BCUT2D eigenvalue weighted by Crippen LogP contribution is 2.22. The number of nitrogens with zero attached hydrogens (tertiary/aromatic N) is 2. The Morgan fingerprint density at radius 2 is 2.24 bits per heavy atom. The van der Waals surface area contributed by atoms with Crippen LogP contribution in [0.4, 0.5) is 4.79 Å². The molecule has 2 heterocycles. The van der Waals surface area contributed by atoms with Crippen molar-refractivity contribution in [3.63, 3.8) is 0 Å². The third kappa shape index (κ3) is 2.72. The highest BCUT2D eigenvalue weighted by atomic mass is 16.6. The maximum absolute atomic E-state index is 11.7. The number of piperidine rings is 1. The third-order valence-electron chi connectivity index (χ3n) is 3.70. The van der Waals surface area contributed by atoms with Gasteiger partial charge >= 0.3 is 6.09 Å². The van der Waals surface area contributed by atoms with Gasteiger partial charge in [0, 0.05) is 18.6 Å². The smallest absolute Gasteiger partial charge is 0.410 e. The van der Waals surface area contributed by atoms with Gasteiger partial charge in [-0.25, -0.2) is 4.79 Å². The Balaban J connectivity index is 1.95. The van der Waals surface area contributed by atoms with Crippen LogP contribution in [-0.2, 0) is 4.74 Å². The van der Waals surface area contributed by atoms with Gasteiger partial charge in [0.05, 0.1) is 13.2 Å². The summed E-state index contributed by atoms with van der Waals surface area (Å²) in [5.41, 5.74) is 0. The summed E-state index contributed by atoms with van der Waals surface area (Å²) in [6.07, 6.45) is 1.56. The van der Waals surface area contributed by atoms with E-state index in [1.807, 2.05) is 0 Å². The van der Waals surface area contributed by atoms with Gasteiger partial charge in [0.15, 0.2) is 0 Å². The number of amides is 1. The van der Waals surface area contributed by atoms with E-state index in [0.29, 0.717) is 12.6 Å². The van der Waals surface area contributed by atoms with Crippen molar-refractivity contribution in [1.29, 1.82) is 0 Å². The van der Waals surface area contributed by atoms with Crippen molar-refractivity contribution in [2.45, 2.75) is 44.9 Å². The number of cyclic esters (lactones) is 1. The number of aliphatic hydroxyl groups excluding tert-OH is 1. The van der Waals surface area contributed by atoms with Crippen molar-refractivity contribution in [2.75, 3.05) is 26.2 Å². The predicted octanol–water partition coefficient (Wildman–Crippen LogP) is 0.672.